The summed E-state index contributed by atoms with van der Waals surface area (Å²) in [5.74, 6) is 0.345. The first-order valence-electron chi connectivity index (χ1n) is 10.7. The van der Waals surface area contributed by atoms with Crippen molar-refractivity contribution in [2.45, 2.75) is 19.4 Å². The summed E-state index contributed by atoms with van der Waals surface area (Å²) in [5.41, 5.74) is 0.703. The van der Waals surface area contributed by atoms with E-state index in [1.165, 1.54) is 11.2 Å². The maximum absolute atomic E-state index is 13.0. The van der Waals surface area contributed by atoms with Gasteiger partial charge < -0.3 is 19.2 Å². The van der Waals surface area contributed by atoms with Gasteiger partial charge in [-0.1, -0.05) is 25.1 Å². The molecule has 1 N–H and O–H groups in total. The Morgan fingerprint density at radius 2 is 1.91 bits per heavy atom. The molecule has 33 heavy (non-hydrogen) atoms. The highest BCUT2D eigenvalue weighted by atomic mass is 16.5. The van der Waals surface area contributed by atoms with Crippen molar-refractivity contribution in [3.8, 4) is 11.5 Å². The Morgan fingerprint density at radius 3 is 2.64 bits per heavy atom. The molecule has 2 amide bonds. The molecule has 1 atom stereocenters. The molecule has 1 aliphatic heterocycles. The minimum absolute atomic E-state index is 0.187. The molecule has 0 aliphatic carbocycles. The lowest BCUT2D eigenvalue weighted by Gasteiger charge is -2.34. The third kappa shape index (κ3) is 5.06. The second-order valence-electron chi connectivity index (χ2n) is 7.44. The fourth-order valence-corrected chi connectivity index (χ4v) is 3.51. The van der Waals surface area contributed by atoms with Crippen LogP contribution < -0.4 is 19.7 Å². The molecule has 0 bridgehead atoms. The topological polar surface area (TPSA) is 98.1 Å². The average Bonchev–Trinajstić information content (AvgIpc) is 3.38. The van der Waals surface area contributed by atoms with Crippen LogP contribution in [-0.2, 0) is 9.59 Å². The number of ether oxygens (including phenoxy) is 2. The summed E-state index contributed by atoms with van der Waals surface area (Å²) >= 11 is 0. The van der Waals surface area contributed by atoms with Crippen LogP contribution in [0.2, 0.25) is 0 Å². The highest BCUT2D eigenvalue weighted by molar-refractivity contribution is 6.10. The van der Waals surface area contributed by atoms with Gasteiger partial charge in [0.25, 0.3) is 5.91 Å². The monoisotopic (exact) mass is 448 g/mol. The highest BCUT2D eigenvalue weighted by Crippen LogP contribution is 2.36. The predicted octanol–water partition coefficient (Wildman–Crippen LogP) is 3.21. The summed E-state index contributed by atoms with van der Waals surface area (Å²) in [6.07, 6.45) is 1.18. The number of nitrogens with one attached hydrogen (secondary N) is 1. The van der Waals surface area contributed by atoms with Crippen LogP contribution in [-0.4, -0.2) is 43.4 Å². The Hall–Kier alpha value is -4.07. The molecule has 0 saturated heterocycles. The number of rotatable bonds is 9. The number of carbonyl (C=O) groups excluding carboxylic acids is 3. The van der Waals surface area contributed by atoms with E-state index in [4.69, 9.17) is 13.9 Å². The molecule has 0 spiro atoms. The number of anilines is 1. The largest absolute Gasteiger partial charge is 0.492 e. The van der Waals surface area contributed by atoms with Crippen LogP contribution in [0.15, 0.2) is 71.3 Å². The van der Waals surface area contributed by atoms with Crippen LogP contribution in [0.1, 0.15) is 29.5 Å². The van der Waals surface area contributed by atoms with E-state index in [2.05, 4.69) is 5.32 Å². The van der Waals surface area contributed by atoms with Crippen molar-refractivity contribution in [3.05, 3.63) is 78.3 Å². The lowest BCUT2D eigenvalue weighted by molar-refractivity contribution is -0.129. The minimum Gasteiger partial charge on any atom is -0.492 e. The maximum atomic E-state index is 13.0. The summed E-state index contributed by atoms with van der Waals surface area (Å²) in [6.45, 7) is 2.22. The van der Waals surface area contributed by atoms with Gasteiger partial charge in [-0.25, -0.2) is 0 Å². The molecule has 0 fully saturated rings. The van der Waals surface area contributed by atoms with Gasteiger partial charge in [0.1, 0.15) is 24.7 Å². The number of amides is 2. The lowest BCUT2D eigenvalue weighted by atomic mass is 10.0. The van der Waals surface area contributed by atoms with Gasteiger partial charge in [-0.15, -0.1) is 0 Å². The Morgan fingerprint density at radius 1 is 1.09 bits per heavy atom. The smallest absolute Gasteiger partial charge is 0.268 e. The van der Waals surface area contributed by atoms with Gasteiger partial charge in [0.05, 0.1) is 18.5 Å². The van der Waals surface area contributed by atoms with Crippen molar-refractivity contribution in [2.75, 3.05) is 24.6 Å². The van der Waals surface area contributed by atoms with Crippen LogP contribution >= 0.6 is 0 Å². The molecule has 3 aromatic rings. The highest BCUT2D eigenvalue weighted by Gasteiger charge is 2.35. The van der Waals surface area contributed by atoms with Gasteiger partial charge in [0.2, 0.25) is 11.7 Å². The molecule has 0 saturated carbocycles. The Kier molecular flexibility index (Phi) is 6.73. The van der Waals surface area contributed by atoms with Crippen molar-refractivity contribution in [1.82, 2.24) is 5.32 Å². The number of furan rings is 1. The minimum atomic E-state index is -0.696. The molecule has 0 radical (unpaired) electrons. The molecule has 0 unspecified atom stereocenters. The van der Waals surface area contributed by atoms with Crippen LogP contribution in [0.4, 0.5) is 5.69 Å². The van der Waals surface area contributed by atoms with E-state index >= 15 is 0 Å². The number of ketones is 1. The van der Waals surface area contributed by atoms with Crippen molar-refractivity contribution >= 4 is 23.3 Å². The summed E-state index contributed by atoms with van der Waals surface area (Å²) < 4.78 is 16.6. The van der Waals surface area contributed by atoms with Crippen molar-refractivity contribution in [2.24, 2.45) is 0 Å². The van der Waals surface area contributed by atoms with Gasteiger partial charge in [0, 0.05) is 5.56 Å². The third-order valence-electron chi connectivity index (χ3n) is 5.18. The molecule has 2 aromatic carbocycles. The molecular formula is C25H24N2O6. The predicted molar refractivity (Wildman–Crippen MR) is 121 cm³/mol. The van der Waals surface area contributed by atoms with Crippen molar-refractivity contribution in [3.63, 3.8) is 0 Å². The lowest BCUT2D eigenvalue weighted by Crippen LogP contribution is -2.50. The number of fused-ring (bicyclic) bond motifs is 1. The number of nitrogens with zero attached hydrogens (tertiary/aromatic N) is 1. The Balaban J connectivity index is 1.46. The number of hydrogen-bond donors (Lipinski definition) is 1. The summed E-state index contributed by atoms with van der Waals surface area (Å²) in [5, 5.41) is 2.76. The Labute approximate surface area is 191 Å². The van der Waals surface area contributed by atoms with E-state index < -0.39 is 6.10 Å². The summed E-state index contributed by atoms with van der Waals surface area (Å²) in [7, 11) is 0. The molecular weight excluding hydrogens is 424 g/mol. The fraction of sp³-hybridized carbons (Fsp3) is 0.240. The van der Waals surface area contributed by atoms with E-state index in [0.717, 1.165) is 0 Å². The van der Waals surface area contributed by atoms with Gasteiger partial charge in [-0.05, 0) is 48.9 Å². The van der Waals surface area contributed by atoms with Crippen LogP contribution in [0.5, 0.6) is 11.5 Å². The standard InChI is InChI=1S/C25H24N2O6/c1-2-20-25(30)27(16-23(28)26-12-14-31-18-7-4-3-5-8-18)19-15-17(10-11-21(19)33-20)24(29)22-9-6-13-32-22/h3-11,13,15,20H,2,12,14,16H2,1H3,(H,26,28)/t20-/m1/s1. The second-order valence-corrected chi connectivity index (χ2v) is 7.44. The number of para-hydroxylation sites is 1. The molecule has 2 heterocycles. The Bertz CT molecular complexity index is 1130. The molecule has 1 aliphatic rings. The average molecular weight is 448 g/mol. The zero-order valence-electron chi connectivity index (χ0n) is 18.2. The number of hydrogen-bond acceptors (Lipinski definition) is 6. The normalized spacial score (nSPS) is 14.9. The molecule has 8 heteroatoms. The van der Waals surface area contributed by atoms with E-state index in [9.17, 15) is 14.4 Å². The van der Waals surface area contributed by atoms with Gasteiger partial charge in [-0.3, -0.25) is 19.3 Å². The van der Waals surface area contributed by atoms with Crippen LogP contribution in [0.25, 0.3) is 0 Å². The van der Waals surface area contributed by atoms with Crippen LogP contribution in [0.3, 0.4) is 0 Å². The SMILES string of the molecule is CC[C@H]1Oc2ccc(C(=O)c3ccco3)cc2N(CC(=O)NCCOc2ccccc2)C1=O. The molecule has 8 nitrogen and oxygen atoms in total. The molecule has 4 rings (SSSR count). The van der Waals surface area contributed by atoms with Crippen molar-refractivity contribution in [1.29, 1.82) is 0 Å². The second kappa shape index (κ2) is 10.0. The molecule has 170 valence electrons. The first kappa shape index (κ1) is 22.1. The van der Waals surface area contributed by atoms with E-state index in [1.54, 1.807) is 30.3 Å². The zero-order valence-corrected chi connectivity index (χ0v) is 18.2. The number of carbonyl (C=O) groups is 3. The maximum Gasteiger partial charge on any atom is 0.268 e. The number of benzene rings is 2. The third-order valence-corrected chi connectivity index (χ3v) is 5.18. The zero-order chi connectivity index (χ0) is 23.2. The van der Waals surface area contributed by atoms with Gasteiger partial charge in [-0.2, -0.15) is 0 Å². The van der Waals surface area contributed by atoms with Crippen LogP contribution in [0, 0.1) is 0 Å². The van der Waals surface area contributed by atoms with Gasteiger partial charge >= 0.3 is 0 Å². The van der Waals surface area contributed by atoms with E-state index in [0.29, 0.717) is 35.8 Å². The quantitative estimate of drug-likeness (QED) is 0.399. The summed E-state index contributed by atoms with van der Waals surface area (Å²) in [6, 6.07) is 17.3. The fourth-order valence-electron chi connectivity index (χ4n) is 3.51. The first-order chi connectivity index (χ1) is 16.1. The first-order valence-corrected chi connectivity index (χ1v) is 10.7. The summed E-state index contributed by atoms with van der Waals surface area (Å²) in [4.78, 5) is 39.6. The van der Waals surface area contributed by atoms with Crippen molar-refractivity contribution < 1.29 is 28.3 Å². The van der Waals surface area contributed by atoms with Gasteiger partial charge in [0.15, 0.2) is 11.9 Å². The van der Waals surface area contributed by atoms with E-state index in [-0.39, 0.29) is 36.4 Å². The van der Waals surface area contributed by atoms with E-state index in [1.807, 2.05) is 37.3 Å². The molecule has 1 aromatic heterocycles.